The first-order chi connectivity index (χ1) is 14.2. The summed E-state index contributed by atoms with van der Waals surface area (Å²) in [5.74, 6) is 0. The van der Waals surface area contributed by atoms with Crippen LogP contribution < -0.4 is 0 Å². The molecule has 0 amide bonds. The quantitative estimate of drug-likeness (QED) is 0.145. The van der Waals surface area contributed by atoms with Crippen molar-refractivity contribution in [2.24, 2.45) is 0 Å². The normalized spacial score (nSPS) is 13.7. The van der Waals surface area contributed by atoms with Crippen LogP contribution in [0.4, 0.5) is 0 Å². The molecule has 3 nitrogen and oxygen atoms in total. The van der Waals surface area contributed by atoms with Crippen LogP contribution in [0, 0.1) is 0 Å². The van der Waals surface area contributed by atoms with E-state index < -0.39 is 12.2 Å². The Morgan fingerprint density at radius 3 is 0.966 bits per heavy atom. The predicted octanol–water partition coefficient (Wildman–Crippen LogP) is 7.30. The minimum absolute atomic E-state index is 0.347. The highest BCUT2D eigenvalue weighted by Gasteiger charge is 2.13. The number of aliphatic hydroxyl groups is 3. The maximum absolute atomic E-state index is 9.57. The number of hydrogen-bond donors (Lipinski definition) is 3. The van der Waals surface area contributed by atoms with Gasteiger partial charge in [0.1, 0.15) is 6.10 Å². The molecular formula is C26H54O3. The van der Waals surface area contributed by atoms with Gasteiger partial charge in [0.15, 0.2) is 0 Å². The largest absolute Gasteiger partial charge is 0.394 e. The van der Waals surface area contributed by atoms with Crippen LogP contribution in [0.1, 0.15) is 148 Å². The van der Waals surface area contributed by atoms with Gasteiger partial charge in [-0.2, -0.15) is 0 Å². The summed E-state index contributed by atoms with van der Waals surface area (Å²) in [4.78, 5) is 0. The van der Waals surface area contributed by atoms with Gasteiger partial charge in [0.25, 0.3) is 0 Å². The van der Waals surface area contributed by atoms with Crippen molar-refractivity contribution < 1.29 is 15.3 Å². The molecule has 0 radical (unpaired) electrons. The Hall–Kier alpha value is -0.120. The Labute approximate surface area is 182 Å². The molecule has 0 bridgehead atoms. The molecule has 0 aromatic rings. The molecule has 0 aliphatic rings. The smallest absolute Gasteiger partial charge is 0.103 e. The standard InChI is InChI=1S/C26H54O3/c1-2-3-4-5-6-7-8-9-10-11-12-13-14-15-16-17-18-19-20-21-22-23-25(28)26(29)24-27/h25-29H,2-24H2,1H3. The topological polar surface area (TPSA) is 60.7 Å². The lowest BCUT2D eigenvalue weighted by Crippen LogP contribution is -2.28. The van der Waals surface area contributed by atoms with E-state index in [4.69, 9.17) is 5.11 Å². The molecule has 0 rings (SSSR count). The van der Waals surface area contributed by atoms with Gasteiger partial charge in [-0.15, -0.1) is 0 Å². The molecular weight excluding hydrogens is 360 g/mol. The van der Waals surface area contributed by atoms with Crippen molar-refractivity contribution in [1.29, 1.82) is 0 Å². The highest BCUT2D eigenvalue weighted by Crippen LogP contribution is 2.15. The van der Waals surface area contributed by atoms with Crippen molar-refractivity contribution in [3.8, 4) is 0 Å². The molecule has 0 heterocycles. The van der Waals surface area contributed by atoms with Crippen LogP contribution in [0.15, 0.2) is 0 Å². The van der Waals surface area contributed by atoms with E-state index in [0.29, 0.717) is 6.42 Å². The maximum atomic E-state index is 9.57. The fourth-order valence-corrected chi connectivity index (χ4v) is 4.10. The summed E-state index contributed by atoms with van der Waals surface area (Å²) in [5.41, 5.74) is 0. The number of rotatable bonds is 24. The average molecular weight is 415 g/mol. The Kier molecular flexibility index (Phi) is 24.1. The second-order valence-electron chi connectivity index (χ2n) is 9.18. The molecule has 3 N–H and O–H groups in total. The third kappa shape index (κ3) is 22.4. The second kappa shape index (κ2) is 24.2. The van der Waals surface area contributed by atoms with Crippen molar-refractivity contribution in [3.05, 3.63) is 0 Å². The molecule has 0 saturated heterocycles. The highest BCUT2D eigenvalue weighted by molar-refractivity contribution is 4.65. The van der Waals surface area contributed by atoms with Crippen LogP contribution in [0.3, 0.4) is 0 Å². The van der Waals surface area contributed by atoms with Gasteiger partial charge in [-0.25, -0.2) is 0 Å². The van der Waals surface area contributed by atoms with E-state index in [9.17, 15) is 10.2 Å². The molecule has 0 aliphatic heterocycles. The molecule has 0 aromatic heterocycles. The van der Waals surface area contributed by atoms with Gasteiger partial charge >= 0.3 is 0 Å². The lowest BCUT2D eigenvalue weighted by Gasteiger charge is -2.14. The van der Waals surface area contributed by atoms with E-state index in [1.807, 2.05) is 0 Å². The number of aliphatic hydroxyl groups excluding tert-OH is 3. The van der Waals surface area contributed by atoms with Gasteiger partial charge in [-0.3, -0.25) is 0 Å². The molecule has 2 atom stereocenters. The Balaban J connectivity index is 3.07. The zero-order chi connectivity index (χ0) is 21.4. The van der Waals surface area contributed by atoms with E-state index in [0.717, 1.165) is 12.8 Å². The summed E-state index contributed by atoms with van der Waals surface area (Å²) in [6.07, 6.45) is 27.6. The number of unbranched alkanes of at least 4 members (excludes halogenated alkanes) is 20. The second-order valence-corrected chi connectivity index (χ2v) is 9.18. The van der Waals surface area contributed by atoms with Crippen LogP contribution >= 0.6 is 0 Å². The summed E-state index contributed by atoms with van der Waals surface area (Å²) < 4.78 is 0. The summed E-state index contributed by atoms with van der Waals surface area (Å²) in [6, 6.07) is 0. The molecule has 176 valence electrons. The van der Waals surface area contributed by atoms with E-state index in [-0.39, 0.29) is 6.61 Å². The Bertz CT molecular complexity index is 296. The van der Waals surface area contributed by atoms with Crippen molar-refractivity contribution in [3.63, 3.8) is 0 Å². The Morgan fingerprint density at radius 1 is 0.414 bits per heavy atom. The van der Waals surface area contributed by atoms with Gasteiger partial charge in [-0.05, 0) is 6.42 Å². The third-order valence-electron chi connectivity index (χ3n) is 6.23. The van der Waals surface area contributed by atoms with Crippen molar-refractivity contribution in [2.75, 3.05) is 6.61 Å². The average Bonchev–Trinajstić information content (AvgIpc) is 2.74. The summed E-state index contributed by atoms with van der Waals surface area (Å²) in [6.45, 7) is 1.94. The lowest BCUT2D eigenvalue weighted by molar-refractivity contribution is -0.0185. The van der Waals surface area contributed by atoms with E-state index in [2.05, 4.69) is 6.92 Å². The maximum Gasteiger partial charge on any atom is 0.103 e. The first kappa shape index (κ1) is 28.9. The zero-order valence-corrected chi connectivity index (χ0v) is 19.8. The van der Waals surface area contributed by atoms with Crippen LogP contribution in [-0.4, -0.2) is 34.1 Å². The van der Waals surface area contributed by atoms with Crippen molar-refractivity contribution in [2.45, 2.75) is 160 Å². The zero-order valence-electron chi connectivity index (χ0n) is 19.8. The number of hydrogen-bond acceptors (Lipinski definition) is 3. The minimum atomic E-state index is -0.972. The first-order valence-electron chi connectivity index (χ1n) is 13.2. The molecule has 0 fully saturated rings. The van der Waals surface area contributed by atoms with E-state index in [1.165, 1.54) is 122 Å². The van der Waals surface area contributed by atoms with Gasteiger partial charge in [0.2, 0.25) is 0 Å². The highest BCUT2D eigenvalue weighted by atomic mass is 16.4. The predicted molar refractivity (Wildman–Crippen MR) is 126 cm³/mol. The molecule has 0 saturated carbocycles. The fourth-order valence-electron chi connectivity index (χ4n) is 4.10. The van der Waals surface area contributed by atoms with Gasteiger partial charge in [0, 0.05) is 0 Å². The molecule has 3 heteroatoms. The van der Waals surface area contributed by atoms with Crippen molar-refractivity contribution in [1.82, 2.24) is 0 Å². The summed E-state index contributed by atoms with van der Waals surface area (Å²) >= 11 is 0. The molecule has 0 aliphatic carbocycles. The Morgan fingerprint density at radius 2 is 0.690 bits per heavy atom. The van der Waals surface area contributed by atoms with Crippen LogP contribution in [-0.2, 0) is 0 Å². The van der Waals surface area contributed by atoms with Gasteiger partial charge < -0.3 is 15.3 Å². The van der Waals surface area contributed by atoms with Crippen LogP contribution in [0.25, 0.3) is 0 Å². The monoisotopic (exact) mass is 414 g/mol. The van der Waals surface area contributed by atoms with Crippen molar-refractivity contribution >= 4 is 0 Å². The lowest BCUT2D eigenvalue weighted by atomic mass is 10.0. The molecule has 0 spiro atoms. The van der Waals surface area contributed by atoms with E-state index in [1.54, 1.807) is 0 Å². The fraction of sp³-hybridized carbons (Fsp3) is 1.00. The van der Waals surface area contributed by atoms with E-state index >= 15 is 0 Å². The van der Waals surface area contributed by atoms with Crippen LogP contribution in [0.5, 0.6) is 0 Å². The van der Waals surface area contributed by atoms with Gasteiger partial charge in [-0.1, -0.05) is 142 Å². The minimum Gasteiger partial charge on any atom is -0.394 e. The third-order valence-corrected chi connectivity index (χ3v) is 6.23. The summed E-state index contributed by atoms with van der Waals surface area (Å²) in [7, 11) is 0. The molecule has 2 unspecified atom stereocenters. The summed E-state index contributed by atoms with van der Waals surface area (Å²) in [5, 5.41) is 27.6. The molecule has 29 heavy (non-hydrogen) atoms. The van der Waals surface area contributed by atoms with Gasteiger partial charge in [0.05, 0.1) is 12.7 Å². The molecule has 0 aromatic carbocycles. The van der Waals surface area contributed by atoms with Crippen LogP contribution in [0.2, 0.25) is 0 Å². The first-order valence-corrected chi connectivity index (χ1v) is 13.2. The SMILES string of the molecule is CCCCCCCCCCCCCCCCCCCCCCCC(O)C(O)CO.